The summed E-state index contributed by atoms with van der Waals surface area (Å²) in [6.07, 6.45) is 11.7. The van der Waals surface area contributed by atoms with Crippen LogP contribution in [0.4, 0.5) is 0 Å². The Morgan fingerprint density at radius 1 is 1.10 bits per heavy atom. The number of rotatable bonds is 13. The fourth-order valence-corrected chi connectivity index (χ4v) is 2.56. The van der Waals surface area contributed by atoms with E-state index in [4.69, 9.17) is 14.6 Å². The van der Waals surface area contributed by atoms with Crippen molar-refractivity contribution < 1.29 is 19.4 Å². The lowest BCUT2D eigenvalue weighted by molar-refractivity contribution is -0.150. The van der Waals surface area contributed by atoms with E-state index in [0.29, 0.717) is 18.6 Å². The van der Waals surface area contributed by atoms with E-state index in [1.54, 1.807) is 6.92 Å². The molecule has 124 valence electrons. The first-order chi connectivity index (χ1) is 10.2. The molecule has 3 atom stereocenters. The number of carbonyl (C=O) groups excluding carboxylic acids is 1. The molecule has 3 unspecified atom stereocenters. The van der Waals surface area contributed by atoms with Gasteiger partial charge in [0.2, 0.25) is 0 Å². The molecule has 21 heavy (non-hydrogen) atoms. The molecule has 0 spiro atoms. The molecule has 0 bridgehead atoms. The molecule has 0 aromatic rings. The highest BCUT2D eigenvalue weighted by atomic mass is 16.6. The second-order valence-electron chi connectivity index (χ2n) is 6.14. The van der Waals surface area contributed by atoms with Crippen LogP contribution >= 0.6 is 0 Å². The summed E-state index contributed by atoms with van der Waals surface area (Å²) in [5, 5.41) is 8.78. The van der Waals surface area contributed by atoms with Crippen LogP contribution in [0.5, 0.6) is 0 Å². The average molecular weight is 300 g/mol. The van der Waals surface area contributed by atoms with Gasteiger partial charge in [0.05, 0.1) is 18.8 Å². The van der Waals surface area contributed by atoms with Gasteiger partial charge in [-0.15, -0.1) is 0 Å². The Morgan fingerprint density at radius 3 is 2.38 bits per heavy atom. The van der Waals surface area contributed by atoms with E-state index < -0.39 is 0 Å². The first-order valence-corrected chi connectivity index (χ1v) is 8.63. The molecular weight excluding hydrogens is 268 g/mol. The van der Waals surface area contributed by atoms with E-state index in [1.165, 1.54) is 44.9 Å². The van der Waals surface area contributed by atoms with E-state index in [0.717, 1.165) is 12.8 Å². The van der Waals surface area contributed by atoms with E-state index in [1.807, 2.05) is 0 Å². The van der Waals surface area contributed by atoms with E-state index in [9.17, 15) is 4.79 Å². The lowest BCUT2D eigenvalue weighted by Crippen LogP contribution is -2.18. The Bertz CT molecular complexity index is 280. The van der Waals surface area contributed by atoms with Crippen LogP contribution in [-0.4, -0.2) is 36.0 Å². The van der Waals surface area contributed by atoms with Gasteiger partial charge >= 0.3 is 5.97 Å². The van der Waals surface area contributed by atoms with E-state index >= 15 is 0 Å². The van der Waals surface area contributed by atoms with Gasteiger partial charge in [-0.2, -0.15) is 0 Å². The summed E-state index contributed by atoms with van der Waals surface area (Å²) in [7, 11) is 0. The number of epoxide rings is 1. The predicted molar refractivity (Wildman–Crippen MR) is 83.1 cm³/mol. The van der Waals surface area contributed by atoms with E-state index in [2.05, 4.69) is 6.92 Å². The van der Waals surface area contributed by atoms with Gasteiger partial charge in [-0.1, -0.05) is 45.4 Å². The van der Waals surface area contributed by atoms with Crippen molar-refractivity contribution >= 4 is 5.97 Å². The molecule has 1 fully saturated rings. The number of ether oxygens (including phenoxy) is 2. The van der Waals surface area contributed by atoms with Crippen molar-refractivity contribution in [3.63, 3.8) is 0 Å². The van der Waals surface area contributed by atoms with Crippen LogP contribution < -0.4 is 0 Å². The second kappa shape index (κ2) is 11.0. The third-order valence-electron chi connectivity index (χ3n) is 3.99. The second-order valence-corrected chi connectivity index (χ2v) is 6.14. The van der Waals surface area contributed by atoms with Gasteiger partial charge in [-0.25, -0.2) is 0 Å². The first-order valence-electron chi connectivity index (χ1n) is 8.63. The summed E-state index contributed by atoms with van der Waals surface area (Å²) in [5.74, 6) is -0.193. The minimum absolute atomic E-state index is 0.103. The molecule has 1 aliphatic rings. The van der Waals surface area contributed by atoms with Crippen molar-refractivity contribution in [2.45, 2.75) is 96.4 Å². The van der Waals surface area contributed by atoms with Crippen molar-refractivity contribution in [1.82, 2.24) is 0 Å². The van der Waals surface area contributed by atoms with Crippen molar-refractivity contribution in [3.05, 3.63) is 0 Å². The SMILES string of the molecule is CCCCC1OC1CCCCCCCC(=O)OC(C)CO. The molecule has 0 saturated carbocycles. The number of carbonyl (C=O) groups is 1. The minimum atomic E-state index is -0.378. The fraction of sp³-hybridized carbons (Fsp3) is 0.941. The van der Waals surface area contributed by atoms with Gasteiger partial charge in [0.15, 0.2) is 0 Å². The molecule has 4 heteroatoms. The molecule has 0 aromatic carbocycles. The van der Waals surface area contributed by atoms with Gasteiger partial charge in [0, 0.05) is 6.42 Å². The molecule has 1 rings (SSSR count). The lowest BCUT2D eigenvalue weighted by atomic mass is 10.1. The zero-order chi connectivity index (χ0) is 15.5. The van der Waals surface area contributed by atoms with Gasteiger partial charge in [-0.3, -0.25) is 4.79 Å². The summed E-state index contributed by atoms with van der Waals surface area (Å²) in [6, 6.07) is 0. The average Bonchev–Trinajstić information content (AvgIpc) is 3.22. The van der Waals surface area contributed by atoms with Gasteiger partial charge in [0.1, 0.15) is 6.10 Å². The summed E-state index contributed by atoms with van der Waals surface area (Å²) >= 11 is 0. The summed E-state index contributed by atoms with van der Waals surface area (Å²) in [5.41, 5.74) is 0. The molecular formula is C17H32O4. The van der Waals surface area contributed by atoms with Crippen LogP contribution in [0.3, 0.4) is 0 Å². The number of hydrogen-bond acceptors (Lipinski definition) is 4. The fourth-order valence-electron chi connectivity index (χ4n) is 2.56. The largest absolute Gasteiger partial charge is 0.460 e. The van der Waals surface area contributed by atoms with E-state index in [-0.39, 0.29) is 18.7 Å². The molecule has 0 amide bonds. The highest BCUT2D eigenvalue weighted by molar-refractivity contribution is 5.69. The molecule has 1 saturated heterocycles. The molecule has 0 radical (unpaired) electrons. The number of aliphatic hydroxyl groups is 1. The van der Waals surface area contributed by atoms with Crippen LogP contribution in [0, 0.1) is 0 Å². The van der Waals surface area contributed by atoms with Gasteiger partial charge < -0.3 is 14.6 Å². The van der Waals surface area contributed by atoms with Gasteiger partial charge in [-0.05, 0) is 26.2 Å². The van der Waals surface area contributed by atoms with Crippen molar-refractivity contribution in [1.29, 1.82) is 0 Å². The predicted octanol–water partition coefficient (Wildman–Crippen LogP) is 3.60. The standard InChI is InChI=1S/C17H32O4/c1-3-4-10-15-16(21-15)11-8-6-5-7-9-12-17(19)20-14(2)13-18/h14-16,18H,3-13H2,1-2H3. The smallest absolute Gasteiger partial charge is 0.306 e. The number of hydrogen-bond donors (Lipinski definition) is 1. The van der Waals surface area contributed by atoms with Crippen molar-refractivity contribution in [2.75, 3.05) is 6.61 Å². The molecule has 0 aliphatic carbocycles. The minimum Gasteiger partial charge on any atom is -0.460 e. The summed E-state index contributed by atoms with van der Waals surface area (Å²) in [6.45, 7) is 3.82. The van der Waals surface area contributed by atoms with Crippen molar-refractivity contribution in [2.24, 2.45) is 0 Å². The molecule has 4 nitrogen and oxygen atoms in total. The molecule has 0 aromatic heterocycles. The number of aliphatic hydroxyl groups excluding tert-OH is 1. The third-order valence-corrected chi connectivity index (χ3v) is 3.99. The Kier molecular flexibility index (Phi) is 9.68. The third kappa shape index (κ3) is 9.10. The number of esters is 1. The van der Waals surface area contributed by atoms with Crippen LogP contribution in [0.25, 0.3) is 0 Å². The van der Waals surface area contributed by atoms with Crippen molar-refractivity contribution in [3.8, 4) is 0 Å². The molecule has 1 heterocycles. The zero-order valence-corrected chi connectivity index (χ0v) is 13.7. The highest BCUT2D eigenvalue weighted by Crippen LogP contribution is 2.31. The zero-order valence-electron chi connectivity index (χ0n) is 13.7. The van der Waals surface area contributed by atoms with Crippen LogP contribution in [0.2, 0.25) is 0 Å². The Labute approximate surface area is 129 Å². The molecule has 1 N–H and O–H groups in total. The lowest BCUT2D eigenvalue weighted by Gasteiger charge is -2.09. The maximum Gasteiger partial charge on any atom is 0.306 e. The van der Waals surface area contributed by atoms with Gasteiger partial charge in [0.25, 0.3) is 0 Å². The van der Waals surface area contributed by atoms with Crippen LogP contribution in [0.15, 0.2) is 0 Å². The Morgan fingerprint density at radius 2 is 1.71 bits per heavy atom. The van der Waals surface area contributed by atoms with Crippen LogP contribution in [-0.2, 0) is 14.3 Å². The highest BCUT2D eigenvalue weighted by Gasteiger charge is 2.36. The molecule has 1 aliphatic heterocycles. The Balaban J connectivity index is 1.82. The maximum absolute atomic E-state index is 11.4. The normalized spacial score (nSPS) is 22.0. The monoisotopic (exact) mass is 300 g/mol. The summed E-state index contributed by atoms with van der Waals surface area (Å²) in [4.78, 5) is 11.4. The van der Waals surface area contributed by atoms with Crippen LogP contribution in [0.1, 0.15) is 78.1 Å². The summed E-state index contributed by atoms with van der Waals surface area (Å²) < 4.78 is 10.6. The number of unbranched alkanes of at least 4 members (excludes halogenated alkanes) is 5. The quantitative estimate of drug-likeness (QED) is 0.321. The maximum atomic E-state index is 11.4. The Hall–Kier alpha value is -0.610. The first kappa shape index (κ1) is 18.4. The topological polar surface area (TPSA) is 59.1 Å².